The van der Waals surface area contributed by atoms with Gasteiger partial charge in [0.05, 0.1) is 0 Å². The minimum atomic E-state index is -0.360. The molecule has 0 aliphatic carbocycles. The Morgan fingerprint density at radius 2 is 1.17 bits per heavy atom. The third-order valence-electron chi connectivity index (χ3n) is 4.99. The highest BCUT2D eigenvalue weighted by atomic mass is 16.5. The van der Waals surface area contributed by atoms with Gasteiger partial charge in [0, 0.05) is 0 Å². The van der Waals surface area contributed by atoms with Crippen LogP contribution in [0.15, 0.2) is 91.0 Å². The molecule has 1 nitrogen and oxygen atoms in total. The molecule has 1 aliphatic rings. The van der Waals surface area contributed by atoms with Gasteiger partial charge in [-0.05, 0) is 29.3 Å². The first-order valence-electron chi connectivity index (χ1n) is 8.72. The average molecular weight is 312 g/mol. The van der Waals surface area contributed by atoms with E-state index in [2.05, 4.69) is 91.0 Å². The molecule has 0 spiro atoms. The van der Waals surface area contributed by atoms with Crippen LogP contribution in [-0.2, 0) is 10.3 Å². The van der Waals surface area contributed by atoms with Crippen LogP contribution in [0.4, 0.5) is 0 Å². The molecule has 0 radical (unpaired) electrons. The zero-order valence-corrected chi connectivity index (χ0v) is 13.8. The van der Waals surface area contributed by atoms with Crippen LogP contribution in [0, 0.1) is 0 Å². The predicted octanol–water partition coefficient (Wildman–Crippen LogP) is 4.64. The van der Waals surface area contributed by atoms with Crippen LogP contribution in [0.3, 0.4) is 0 Å². The lowest BCUT2D eigenvalue weighted by Crippen LogP contribution is -2.47. The lowest BCUT2D eigenvalue weighted by Gasteiger charge is -2.42. The van der Waals surface area contributed by atoms with Gasteiger partial charge in [0.2, 0.25) is 0 Å². The summed E-state index contributed by atoms with van der Waals surface area (Å²) in [6, 6.07) is 32.0. The first-order chi connectivity index (χ1) is 11.9. The fraction of sp³-hybridized carbons (Fsp3) is 0.182. The molecule has 0 bridgehead atoms. The Balaban J connectivity index is 1.79. The molecule has 0 amide bonds. The Hall–Kier alpha value is -2.32. The van der Waals surface area contributed by atoms with Crippen LogP contribution < -0.4 is 5.46 Å². The maximum absolute atomic E-state index is 6.83. The van der Waals surface area contributed by atoms with E-state index in [4.69, 9.17) is 4.65 Å². The minimum absolute atomic E-state index is 0.139. The summed E-state index contributed by atoms with van der Waals surface area (Å²) in [6.07, 6.45) is 3.25. The van der Waals surface area contributed by atoms with Gasteiger partial charge in [0.15, 0.2) is 0 Å². The molecular weight excluding hydrogens is 291 g/mol. The first-order valence-corrected chi connectivity index (χ1v) is 8.72. The quantitative estimate of drug-likeness (QED) is 0.640. The van der Waals surface area contributed by atoms with E-state index in [1.807, 2.05) is 0 Å². The average Bonchev–Trinajstić information content (AvgIpc) is 2.70. The molecule has 0 N–H and O–H groups in total. The molecule has 1 heterocycles. The van der Waals surface area contributed by atoms with E-state index in [1.54, 1.807) is 0 Å². The second-order valence-electron chi connectivity index (χ2n) is 6.47. The van der Waals surface area contributed by atoms with Gasteiger partial charge in [-0.25, -0.2) is 0 Å². The molecule has 2 heteroatoms. The Kier molecular flexibility index (Phi) is 4.23. The maximum atomic E-state index is 6.83. The SMILES string of the molecule is c1ccc(B2CCCC(c3ccccc3)(c3ccccc3)O2)cc1. The largest absolute Gasteiger partial charge is 0.418 e. The Labute approximate surface area is 144 Å². The van der Waals surface area contributed by atoms with Gasteiger partial charge in [-0.2, -0.15) is 0 Å². The lowest BCUT2D eigenvalue weighted by atomic mass is 9.53. The third kappa shape index (κ3) is 2.78. The van der Waals surface area contributed by atoms with E-state index in [9.17, 15) is 0 Å². The summed E-state index contributed by atoms with van der Waals surface area (Å²) < 4.78 is 6.83. The Bertz CT molecular complexity index is 731. The molecule has 24 heavy (non-hydrogen) atoms. The molecule has 1 fully saturated rings. The highest BCUT2D eigenvalue weighted by Crippen LogP contribution is 2.42. The van der Waals surface area contributed by atoms with Crippen LogP contribution in [0.2, 0.25) is 6.32 Å². The molecule has 0 unspecified atom stereocenters. The van der Waals surface area contributed by atoms with Crippen molar-refractivity contribution in [2.75, 3.05) is 0 Å². The van der Waals surface area contributed by atoms with E-state index in [0.29, 0.717) is 0 Å². The first kappa shape index (κ1) is 15.2. The zero-order chi connectivity index (χ0) is 16.2. The highest BCUT2D eigenvalue weighted by molar-refractivity contribution is 6.67. The molecule has 4 rings (SSSR count). The Morgan fingerprint density at radius 3 is 1.71 bits per heavy atom. The molecule has 0 atom stereocenters. The smallest absolute Gasteiger partial charge is 0.328 e. The van der Waals surface area contributed by atoms with Gasteiger partial charge >= 0.3 is 6.92 Å². The van der Waals surface area contributed by atoms with Crippen molar-refractivity contribution in [2.45, 2.75) is 24.8 Å². The Morgan fingerprint density at radius 1 is 0.667 bits per heavy atom. The number of benzene rings is 3. The van der Waals surface area contributed by atoms with Crippen LogP contribution in [-0.4, -0.2) is 6.92 Å². The summed E-state index contributed by atoms with van der Waals surface area (Å²) in [5.41, 5.74) is 3.41. The van der Waals surface area contributed by atoms with Crippen molar-refractivity contribution in [3.05, 3.63) is 102 Å². The summed E-state index contributed by atoms with van der Waals surface area (Å²) in [6.45, 7) is 0.139. The van der Waals surface area contributed by atoms with Crippen molar-refractivity contribution in [2.24, 2.45) is 0 Å². The van der Waals surface area contributed by atoms with Gasteiger partial charge in [-0.1, -0.05) is 97.4 Å². The molecule has 3 aromatic rings. The van der Waals surface area contributed by atoms with Crippen LogP contribution >= 0.6 is 0 Å². The van der Waals surface area contributed by atoms with Gasteiger partial charge in [-0.3, -0.25) is 0 Å². The van der Waals surface area contributed by atoms with Gasteiger partial charge in [-0.15, -0.1) is 0 Å². The van der Waals surface area contributed by atoms with E-state index in [1.165, 1.54) is 16.6 Å². The molecule has 118 valence electrons. The van der Waals surface area contributed by atoms with Gasteiger partial charge < -0.3 is 4.65 Å². The summed E-state index contributed by atoms with van der Waals surface area (Å²) in [7, 11) is 0. The highest BCUT2D eigenvalue weighted by Gasteiger charge is 2.42. The third-order valence-corrected chi connectivity index (χ3v) is 4.99. The summed E-state index contributed by atoms with van der Waals surface area (Å²) >= 11 is 0. The van der Waals surface area contributed by atoms with Crippen molar-refractivity contribution in [1.82, 2.24) is 0 Å². The van der Waals surface area contributed by atoms with Crippen LogP contribution in [0.25, 0.3) is 0 Å². The predicted molar refractivity (Wildman–Crippen MR) is 101 cm³/mol. The zero-order valence-electron chi connectivity index (χ0n) is 13.8. The van der Waals surface area contributed by atoms with E-state index >= 15 is 0 Å². The topological polar surface area (TPSA) is 9.23 Å². The number of rotatable bonds is 3. The molecule has 1 aliphatic heterocycles. The molecule has 0 aromatic heterocycles. The van der Waals surface area contributed by atoms with E-state index < -0.39 is 0 Å². The fourth-order valence-corrected chi connectivity index (χ4v) is 3.81. The van der Waals surface area contributed by atoms with Crippen LogP contribution in [0.1, 0.15) is 24.0 Å². The number of hydrogen-bond donors (Lipinski definition) is 0. The lowest BCUT2D eigenvalue weighted by molar-refractivity contribution is 0.0843. The summed E-state index contributed by atoms with van der Waals surface area (Å²) in [5.74, 6) is 0. The standard InChI is InChI=1S/C22H21BO/c1-4-11-19(12-5-1)22(20-13-6-2-7-14-20)17-10-18-23(24-22)21-15-8-3-9-16-21/h1-9,11-16H,10,17-18H2. The van der Waals surface area contributed by atoms with Gasteiger partial charge in [0.1, 0.15) is 5.60 Å². The summed E-state index contributed by atoms with van der Waals surface area (Å²) in [5, 5.41) is 0. The molecule has 0 saturated carbocycles. The second-order valence-corrected chi connectivity index (χ2v) is 6.47. The normalized spacial score (nSPS) is 16.8. The van der Waals surface area contributed by atoms with Crippen molar-refractivity contribution in [3.8, 4) is 0 Å². The fourth-order valence-electron chi connectivity index (χ4n) is 3.81. The van der Waals surface area contributed by atoms with E-state index in [0.717, 1.165) is 19.2 Å². The van der Waals surface area contributed by atoms with Crippen molar-refractivity contribution in [1.29, 1.82) is 0 Å². The monoisotopic (exact) mass is 312 g/mol. The molecular formula is C22H21BO. The number of hydrogen-bond acceptors (Lipinski definition) is 1. The van der Waals surface area contributed by atoms with E-state index in [-0.39, 0.29) is 12.5 Å². The van der Waals surface area contributed by atoms with Gasteiger partial charge in [0.25, 0.3) is 0 Å². The molecule has 1 saturated heterocycles. The van der Waals surface area contributed by atoms with Crippen molar-refractivity contribution >= 4 is 12.4 Å². The van der Waals surface area contributed by atoms with Crippen molar-refractivity contribution < 1.29 is 4.65 Å². The second kappa shape index (κ2) is 6.66. The molecule has 3 aromatic carbocycles. The minimum Gasteiger partial charge on any atom is -0.418 e. The van der Waals surface area contributed by atoms with Crippen LogP contribution in [0.5, 0.6) is 0 Å². The maximum Gasteiger partial charge on any atom is 0.328 e. The summed E-state index contributed by atoms with van der Waals surface area (Å²) in [4.78, 5) is 0. The van der Waals surface area contributed by atoms with Crippen molar-refractivity contribution in [3.63, 3.8) is 0 Å².